The topological polar surface area (TPSA) is 86.5 Å². The Balaban J connectivity index is 2.05. The maximum atomic E-state index is 12.3. The number of hydrogen-bond donors (Lipinski definition) is 0. The maximum Gasteiger partial charge on any atom is 0.343 e. The highest BCUT2D eigenvalue weighted by Gasteiger charge is 2.25. The number of halogens is 2. The van der Waals surface area contributed by atoms with Gasteiger partial charge in [-0.15, -0.1) is 0 Å². The fraction of sp³-hybridized carbons (Fsp3) is 0. The smallest absolute Gasteiger partial charge is 0.343 e. The van der Waals surface area contributed by atoms with Gasteiger partial charge in [0.25, 0.3) is 0 Å². The van der Waals surface area contributed by atoms with Crippen LogP contribution in [0.1, 0.15) is 0 Å². The van der Waals surface area contributed by atoms with E-state index in [1.807, 2.05) is 0 Å². The number of nitrogens with zero attached hydrogens (tertiary/aromatic N) is 1. The number of aromatic nitrogens is 1. The molecule has 0 N–H and O–H groups in total. The standard InChI is InChI=1S/C14H7Cl2NO5S/c15-10-5-6-17-14(16)13(10)23(19,20)22-9-3-1-8-2-4-12(18)21-11(8)7-9/h1-7H. The molecule has 0 saturated heterocycles. The van der Waals surface area contributed by atoms with E-state index < -0.39 is 20.6 Å². The minimum absolute atomic E-state index is 0.0529. The van der Waals surface area contributed by atoms with E-state index >= 15 is 0 Å². The van der Waals surface area contributed by atoms with E-state index in [2.05, 4.69) is 4.98 Å². The first-order valence-electron chi connectivity index (χ1n) is 6.15. The third-order valence-corrected chi connectivity index (χ3v) is 5.01. The van der Waals surface area contributed by atoms with Crippen LogP contribution in [-0.4, -0.2) is 13.4 Å². The Kier molecular flexibility index (Phi) is 4.01. The van der Waals surface area contributed by atoms with Gasteiger partial charge in [-0.1, -0.05) is 23.2 Å². The van der Waals surface area contributed by atoms with Gasteiger partial charge in [0.15, 0.2) is 10.0 Å². The summed E-state index contributed by atoms with van der Waals surface area (Å²) in [7, 11) is -4.30. The van der Waals surface area contributed by atoms with Gasteiger partial charge in [-0.2, -0.15) is 8.42 Å². The van der Waals surface area contributed by atoms with E-state index in [0.29, 0.717) is 5.39 Å². The molecule has 3 aromatic rings. The molecule has 1 aromatic carbocycles. The van der Waals surface area contributed by atoms with Crippen molar-refractivity contribution in [2.75, 3.05) is 0 Å². The van der Waals surface area contributed by atoms with Crippen molar-refractivity contribution in [2.24, 2.45) is 0 Å². The van der Waals surface area contributed by atoms with Crippen LogP contribution in [0, 0.1) is 0 Å². The summed E-state index contributed by atoms with van der Waals surface area (Å²) in [4.78, 5) is 14.5. The first kappa shape index (κ1) is 15.8. The van der Waals surface area contributed by atoms with Crippen LogP contribution in [0.3, 0.4) is 0 Å². The van der Waals surface area contributed by atoms with Crippen molar-refractivity contribution in [3.63, 3.8) is 0 Å². The molecular formula is C14H7Cl2NO5S. The lowest BCUT2D eigenvalue weighted by Gasteiger charge is -2.09. The van der Waals surface area contributed by atoms with E-state index in [9.17, 15) is 13.2 Å². The molecule has 9 heteroatoms. The van der Waals surface area contributed by atoms with Gasteiger partial charge >= 0.3 is 15.7 Å². The summed E-state index contributed by atoms with van der Waals surface area (Å²) in [6, 6.07) is 8.34. The summed E-state index contributed by atoms with van der Waals surface area (Å²) in [6.07, 6.45) is 1.27. The van der Waals surface area contributed by atoms with Crippen LogP contribution in [0.15, 0.2) is 56.7 Å². The zero-order chi connectivity index (χ0) is 16.6. The van der Waals surface area contributed by atoms with Gasteiger partial charge in [0.05, 0.1) is 5.02 Å². The predicted molar refractivity (Wildman–Crippen MR) is 84.6 cm³/mol. The SMILES string of the molecule is O=c1ccc2ccc(OS(=O)(=O)c3c(Cl)ccnc3Cl)cc2o1. The van der Waals surface area contributed by atoms with E-state index in [-0.39, 0.29) is 21.5 Å². The summed E-state index contributed by atoms with van der Waals surface area (Å²) < 4.78 is 34.6. The zero-order valence-electron chi connectivity index (χ0n) is 11.2. The normalized spacial score (nSPS) is 11.6. The molecule has 0 amide bonds. The molecule has 0 spiro atoms. The molecule has 0 saturated carbocycles. The van der Waals surface area contributed by atoms with Crippen molar-refractivity contribution in [3.8, 4) is 5.75 Å². The van der Waals surface area contributed by atoms with Gasteiger partial charge < -0.3 is 8.60 Å². The summed E-state index contributed by atoms with van der Waals surface area (Å²) in [5, 5.41) is 0.203. The van der Waals surface area contributed by atoms with Crippen LogP contribution in [-0.2, 0) is 10.1 Å². The summed E-state index contributed by atoms with van der Waals surface area (Å²) >= 11 is 11.6. The highest BCUT2D eigenvalue weighted by Crippen LogP contribution is 2.30. The molecule has 0 radical (unpaired) electrons. The van der Waals surface area contributed by atoms with Gasteiger partial charge in [-0.05, 0) is 24.3 Å². The lowest BCUT2D eigenvalue weighted by molar-refractivity contribution is 0.485. The summed E-state index contributed by atoms with van der Waals surface area (Å²) in [5.41, 5.74) is -0.371. The molecule has 0 bridgehead atoms. The number of fused-ring (bicyclic) bond motifs is 1. The van der Waals surface area contributed by atoms with E-state index in [1.165, 1.54) is 30.5 Å². The zero-order valence-corrected chi connectivity index (χ0v) is 13.5. The third-order valence-electron chi connectivity index (χ3n) is 2.86. The van der Waals surface area contributed by atoms with E-state index in [4.69, 9.17) is 31.8 Å². The lowest BCUT2D eigenvalue weighted by Crippen LogP contribution is -2.11. The number of hydrogen-bond acceptors (Lipinski definition) is 6. The van der Waals surface area contributed by atoms with Crippen molar-refractivity contribution in [1.82, 2.24) is 4.98 Å². The molecule has 0 unspecified atom stereocenters. The molecule has 0 aliphatic heterocycles. The quantitative estimate of drug-likeness (QED) is 0.399. The lowest BCUT2D eigenvalue weighted by atomic mass is 10.2. The fourth-order valence-electron chi connectivity index (χ4n) is 1.88. The van der Waals surface area contributed by atoms with Crippen LogP contribution in [0.4, 0.5) is 0 Å². The molecule has 2 heterocycles. The van der Waals surface area contributed by atoms with E-state index in [1.54, 1.807) is 12.1 Å². The second-order valence-corrected chi connectivity index (χ2v) is 6.65. The molecule has 3 rings (SSSR count). The molecular weight excluding hydrogens is 365 g/mol. The van der Waals surface area contributed by atoms with Crippen molar-refractivity contribution in [1.29, 1.82) is 0 Å². The average molecular weight is 372 g/mol. The highest BCUT2D eigenvalue weighted by atomic mass is 35.5. The highest BCUT2D eigenvalue weighted by molar-refractivity contribution is 7.87. The molecule has 0 aliphatic rings. The summed E-state index contributed by atoms with van der Waals surface area (Å²) in [6.45, 7) is 0. The molecule has 0 atom stereocenters. The molecule has 23 heavy (non-hydrogen) atoms. The Bertz CT molecular complexity index is 1040. The molecule has 6 nitrogen and oxygen atoms in total. The molecule has 0 fully saturated rings. The first-order chi connectivity index (χ1) is 10.9. The Labute approximate surface area is 140 Å². The predicted octanol–water partition coefficient (Wildman–Crippen LogP) is 3.26. The Hall–Kier alpha value is -2.09. The van der Waals surface area contributed by atoms with E-state index in [0.717, 1.165) is 0 Å². The van der Waals surface area contributed by atoms with Crippen LogP contribution in [0.5, 0.6) is 5.75 Å². The van der Waals surface area contributed by atoms with Gasteiger partial charge in [-0.3, -0.25) is 0 Å². The van der Waals surface area contributed by atoms with Gasteiger partial charge in [-0.25, -0.2) is 9.78 Å². The van der Waals surface area contributed by atoms with Gasteiger partial charge in [0.2, 0.25) is 0 Å². The Morgan fingerprint density at radius 2 is 1.83 bits per heavy atom. The Morgan fingerprint density at radius 3 is 2.57 bits per heavy atom. The van der Waals surface area contributed by atoms with Gasteiger partial charge in [0, 0.05) is 23.7 Å². The van der Waals surface area contributed by atoms with Crippen LogP contribution in [0.2, 0.25) is 10.2 Å². The van der Waals surface area contributed by atoms with Crippen molar-refractivity contribution in [3.05, 3.63) is 63.2 Å². The Morgan fingerprint density at radius 1 is 1.09 bits per heavy atom. The van der Waals surface area contributed by atoms with Crippen LogP contribution >= 0.6 is 23.2 Å². The molecule has 0 aliphatic carbocycles. The average Bonchev–Trinajstić information content (AvgIpc) is 2.45. The monoisotopic (exact) mass is 371 g/mol. The fourth-order valence-corrected chi connectivity index (χ4v) is 3.81. The second kappa shape index (κ2) is 5.84. The number of rotatable bonds is 3. The second-order valence-electron chi connectivity index (χ2n) is 4.40. The first-order valence-corrected chi connectivity index (χ1v) is 8.32. The largest absolute Gasteiger partial charge is 0.423 e. The maximum absolute atomic E-state index is 12.3. The number of benzene rings is 1. The van der Waals surface area contributed by atoms with Crippen molar-refractivity contribution >= 4 is 44.3 Å². The van der Waals surface area contributed by atoms with Crippen LogP contribution in [0.25, 0.3) is 11.0 Å². The number of pyridine rings is 1. The minimum Gasteiger partial charge on any atom is -0.423 e. The minimum atomic E-state index is -4.30. The summed E-state index contributed by atoms with van der Waals surface area (Å²) in [5.74, 6) is -0.0529. The van der Waals surface area contributed by atoms with Crippen LogP contribution < -0.4 is 9.81 Å². The van der Waals surface area contributed by atoms with Crippen molar-refractivity contribution < 1.29 is 17.0 Å². The van der Waals surface area contributed by atoms with Gasteiger partial charge in [0.1, 0.15) is 11.3 Å². The molecule has 2 aromatic heterocycles. The van der Waals surface area contributed by atoms with Crippen molar-refractivity contribution in [2.45, 2.75) is 4.90 Å². The third kappa shape index (κ3) is 3.17. The molecule has 118 valence electrons.